The van der Waals surface area contributed by atoms with Gasteiger partial charge in [0.15, 0.2) is 5.13 Å². The number of anilines is 1. The molecule has 1 aromatic carbocycles. The molecule has 0 spiro atoms. The fourth-order valence-electron chi connectivity index (χ4n) is 2.83. The third-order valence-electron chi connectivity index (χ3n) is 4.42. The van der Waals surface area contributed by atoms with E-state index in [0.717, 1.165) is 43.8 Å². The van der Waals surface area contributed by atoms with Gasteiger partial charge in [-0.15, -0.1) is 0 Å². The number of pyridine rings is 1. The Morgan fingerprint density at radius 3 is 2.88 bits per heavy atom. The summed E-state index contributed by atoms with van der Waals surface area (Å²) >= 11 is 8.11. The van der Waals surface area contributed by atoms with Gasteiger partial charge < -0.3 is 9.72 Å². The Morgan fingerprint density at radius 2 is 2.08 bits per heavy atom. The fourth-order valence-corrected chi connectivity index (χ4v) is 3.98. The van der Waals surface area contributed by atoms with Crippen LogP contribution in [0.25, 0.3) is 27.2 Å². The Balaban J connectivity index is 1.81. The van der Waals surface area contributed by atoms with Crippen molar-refractivity contribution in [2.75, 3.05) is 5.32 Å². The van der Waals surface area contributed by atoms with Gasteiger partial charge in [0.2, 0.25) is 0 Å². The van der Waals surface area contributed by atoms with Gasteiger partial charge in [-0.3, -0.25) is 0 Å². The summed E-state index contributed by atoms with van der Waals surface area (Å²) in [5.74, 6) is 0. The minimum Gasteiger partial charge on any atom is -0.359 e. The average molecular weight is 383 g/mol. The van der Waals surface area contributed by atoms with Crippen LogP contribution in [0, 0.1) is 0 Å². The van der Waals surface area contributed by atoms with E-state index >= 15 is 0 Å². The van der Waals surface area contributed by atoms with Crippen LogP contribution in [-0.4, -0.2) is 20.4 Å². The first-order chi connectivity index (χ1) is 12.7. The maximum Gasteiger partial charge on any atom is 0.183 e. The molecule has 0 aliphatic rings. The summed E-state index contributed by atoms with van der Waals surface area (Å²) in [5.41, 5.74) is 3.99. The lowest BCUT2D eigenvalue weighted by molar-refractivity contribution is 0.763. The fraction of sp³-hybridized carbons (Fsp3) is 0.200. The molecular formula is C20H19ClN4S. The molecule has 4 nitrogen and oxygen atoms in total. The molecule has 0 radical (unpaired) electrons. The summed E-state index contributed by atoms with van der Waals surface area (Å²) in [6.07, 6.45) is 8.83. The largest absolute Gasteiger partial charge is 0.359 e. The van der Waals surface area contributed by atoms with E-state index in [1.54, 1.807) is 11.3 Å². The number of benzene rings is 1. The number of nitrogens with zero attached hydrogens (tertiary/aromatic N) is 3. The van der Waals surface area contributed by atoms with E-state index < -0.39 is 0 Å². The summed E-state index contributed by atoms with van der Waals surface area (Å²) in [5, 5.41) is 5.10. The number of rotatable bonds is 5. The zero-order valence-electron chi connectivity index (χ0n) is 14.6. The van der Waals surface area contributed by atoms with Crippen LogP contribution in [-0.2, 0) is 0 Å². The summed E-state index contributed by atoms with van der Waals surface area (Å²) in [6, 6.07) is 10.4. The molecule has 0 saturated carbocycles. The number of aromatic nitrogens is 3. The number of thiazole rings is 1. The van der Waals surface area contributed by atoms with E-state index in [4.69, 9.17) is 11.6 Å². The molecule has 1 atom stereocenters. The van der Waals surface area contributed by atoms with Crippen LogP contribution in [0.15, 0.2) is 55.1 Å². The predicted octanol–water partition coefficient (Wildman–Crippen LogP) is 5.99. The summed E-state index contributed by atoms with van der Waals surface area (Å²) in [4.78, 5) is 10.1. The summed E-state index contributed by atoms with van der Waals surface area (Å²) in [7, 11) is 0. The van der Waals surface area contributed by atoms with Crippen LogP contribution in [0.4, 0.5) is 5.13 Å². The minimum atomic E-state index is 0.406. The Hall–Kier alpha value is -2.37. The van der Waals surface area contributed by atoms with Gasteiger partial charge in [0.25, 0.3) is 0 Å². The summed E-state index contributed by atoms with van der Waals surface area (Å²) in [6.45, 7) is 4.32. The highest BCUT2D eigenvalue weighted by Crippen LogP contribution is 2.36. The molecule has 132 valence electrons. The number of halogens is 1. The van der Waals surface area contributed by atoms with Crippen LogP contribution in [0.3, 0.4) is 0 Å². The van der Waals surface area contributed by atoms with E-state index in [2.05, 4.69) is 41.4 Å². The Morgan fingerprint density at radius 1 is 1.23 bits per heavy atom. The van der Waals surface area contributed by atoms with Gasteiger partial charge in [0, 0.05) is 52.5 Å². The van der Waals surface area contributed by atoms with Crippen molar-refractivity contribution in [3.63, 3.8) is 0 Å². The number of imidazole rings is 1. The normalized spacial score (nSPS) is 12.4. The first kappa shape index (κ1) is 17.1. The number of nitrogens with one attached hydrogen (secondary N) is 1. The van der Waals surface area contributed by atoms with Gasteiger partial charge >= 0.3 is 0 Å². The van der Waals surface area contributed by atoms with E-state index in [1.807, 2.05) is 47.3 Å². The lowest BCUT2D eigenvalue weighted by atomic mass is 10.0. The molecule has 6 heteroatoms. The Bertz CT molecular complexity index is 1050. The molecule has 3 heterocycles. The van der Waals surface area contributed by atoms with Gasteiger partial charge in [0.1, 0.15) is 5.65 Å². The molecular weight excluding hydrogens is 364 g/mol. The monoisotopic (exact) mass is 382 g/mol. The maximum atomic E-state index is 6.45. The van der Waals surface area contributed by atoms with E-state index in [-0.39, 0.29) is 0 Å². The second kappa shape index (κ2) is 7.09. The molecule has 0 unspecified atom stereocenters. The molecule has 0 fully saturated rings. The molecule has 4 rings (SSSR count). The molecule has 3 aromatic heterocycles. The average Bonchev–Trinajstić information content (AvgIpc) is 3.30. The molecule has 0 bridgehead atoms. The van der Waals surface area contributed by atoms with Crippen LogP contribution in [0.5, 0.6) is 0 Å². The molecule has 0 amide bonds. The van der Waals surface area contributed by atoms with Crippen molar-refractivity contribution < 1.29 is 0 Å². The maximum absolute atomic E-state index is 6.45. The minimum absolute atomic E-state index is 0.406. The van der Waals surface area contributed by atoms with Crippen molar-refractivity contribution >= 4 is 33.7 Å². The van der Waals surface area contributed by atoms with Gasteiger partial charge in [-0.05, 0) is 25.5 Å². The van der Waals surface area contributed by atoms with Gasteiger partial charge in [-0.2, -0.15) is 0 Å². The van der Waals surface area contributed by atoms with E-state index in [1.165, 1.54) is 0 Å². The number of hydrogen-bond acceptors (Lipinski definition) is 4. The molecule has 1 N–H and O–H groups in total. The van der Waals surface area contributed by atoms with Gasteiger partial charge in [0.05, 0.1) is 4.88 Å². The second-order valence-electron chi connectivity index (χ2n) is 6.26. The van der Waals surface area contributed by atoms with Crippen LogP contribution < -0.4 is 5.32 Å². The van der Waals surface area contributed by atoms with E-state index in [9.17, 15) is 0 Å². The topological polar surface area (TPSA) is 42.2 Å². The van der Waals surface area contributed by atoms with Crippen molar-refractivity contribution in [2.45, 2.75) is 26.3 Å². The third-order valence-corrected chi connectivity index (χ3v) is 5.73. The van der Waals surface area contributed by atoms with Crippen molar-refractivity contribution in [3.05, 3.63) is 60.1 Å². The summed E-state index contributed by atoms with van der Waals surface area (Å²) < 4.78 is 2.04. The highest BCUT2D eigenvalue weighted by atomic mass is 35.5. The Labute approximate surface area is 161 Å². The lowest BCUT2D eigenvalue weighted by Crippen LogP contribution is -2.12. The van der Waals surface area contributed by atoms with Crippen LogP contribution in [0.2, 0.25) is 5.02 Å². The molecule has 0 aliphatic heterocycles. The van der Waals surface area contributed by atoms with Crippen LogP contribution >= 0.6 is 22.9 Å². The molecule has 4 aromatic rings. The highest BCUT2D eigenvalue weighted by molar-refractivity contribution is 7.18. The van der Waals surface area contributed by atoms with Gasteiger partial charge in [-0.25, -0.2) is 9.97 Å². The standard InChI is InChI=1S/C20H19ClN4S/c1-3-13(2)24-20-23-11-18(26-20)14-10-16(15-6-4-5-7-17(15)21)19-22-8-9-25(19)12-14/h4-13H,3H2,1-2H3,(H,23,24)/t13-/m1/s1. The van der Waals surface area contributed by atoms with Crippen LogP contribution in [0.1, 0.15) is 20.3 Å². The zero-order valence-corrected chi connectivity index (χ0v) is 16.2. The van der Waals surface area contributed by atoms with Crippen molar-refractivity contribution in [2.24, 2.45) is 0 Å². The molecule has 0 aliphatic carbocycles. The SMILES string of the molecule is CC[C@@H](C)Nc1ncc(-c2cc(-c3ccccc3Cl)c3nccn3c2)s1. The van der Waals surface area contributed by atoms with Gasteiger partial charge in [-0.1, -0.05) is 48.1 Å². The first-order valence-corrected chi connectivity index (χ1v) is 9.79. The smallest absolute Gasteiger partial charge is 0.183 e. The quantitative estimate of drug-likeness (QED) is 0.461. The Kier molecular flexibility index (Phi) is 4.66. The lowest BCUT2D eigenvalue weighted by Gasteiger charge is -2.10. The number of fused-ring (bicyclic) bond motifs is 1. The third kappa shape index (κ3) is 3.20. The highest BCUT2D eigenvalue weighted by Gasteiger charge is 2.13. The number of hydrogen-bond donors (Lipinski definition) is 1. The second-order valence-corrected chi connectivity index (χ2v) is 7.70. The molecule has 0 saturated heterocycles. The zero-order chi connectivity index (χ0) is 18.1. The molecule has 26 heavy (non-hydrogen) atoms. The van der Waals surface area contributed by atoms with E-state index in [0.29, 0.717) is 6.04 Å². The predicted molar refractivity (Wildman–Crippen MR) is 110 cm³/mol. The van der Waals surface area contributed by atoms with Crippen molar-refractivity contribution in [3.8, 4) is 21.6 Å². The van der Waals surface area contributed by atoms with Crippen molar-refractivity contribution in [1.29, 1.82) is 0 Å². The first-order valence-electron chi connectivity index (χ1n) is 8.60. The van der Waals surface area contributed by atoms with Crippen molar-refractivity contribution in [1.82, 2.24) is 14.4 Å².